The number of benzene rings is 1. The average Bonchev–Trinajstić information content (AvgIpc) is 3.18. The standard InChI is InChI=1S/C21H23ClFN5O2/c22-16-14-24-21(28-8-3-4-9-28)25-18(16)20(30)27-11-5-10-26(12-13-27)19(29)15-6-1-2-7-17(15)23/h1-2,6-7,14H,3-5,8-13H2. The predicted molar refractivity (Wildman–Crippen MR) is 111 cm³/mol. The van der Waals surface area contributed by atoms with Crippen molar-refractivity contribution in [3.05, 3.63) is 52.6 Å². The Morgan fingerprint density at radius 2 is 1.57 bits per heavy atom. The highest BCUT2D eigenvalue weighted by Crippen LogP contribution is 2.22. The maximum Gasteiger partial charge on any atom is 0.274 e. The van der Waals surface area contributed by atoms with E-state index >= 15 is 0 Å². The largest absolute Gasteiger partial charge is 0.341 e. The van der Waals surface area contributed by atoms with Crippen LogP contribution in [0.3, 0.4) is 0 Å². The van der Waals surface area contributed by atoms with E-state index in [1.807, 2.05) is 4.90 Å². The number of carbonyl (C=O) groups is 2. The highest BCUT2D eigenvalue weighted by Gasteiger charge is 2.27. The number of carbonyl (C=O) groups excluding carboxylic acids is 2. The fraction of sp³-hybridized carbons (Fsp3) is 0.429. The number of rotatable bonds is 3. The van der Waals surface area contributed by atoms with Crippen molar-refractivity contribution in [1.29, 1.82) is 0 Å². The first-order valence-corrected chi connectivity index (χ1v) is 10.5. The lowest BCUT2D eigenvalue weighted by molar-refractivity contribution is 0.0713. The van der Waals surface area contributed by atoms with Crippen molar-refractivity contribution in [2.45, 2.75) is 19.3 Å². The summed E-state index contributed by atoms with van der Waals surface area (Å²) in [5, 5.41) is 0.214. The van der Waals surface area contributed by atoms with Crippen LogP contribution < -0.4 is 4.90 Å². The topological polar surface area (TPSA) is 69.6 Å². The van der Waals surface area contributed by atoms with Crippen LogP contribution in [0.1, 0.15) is 40.1 Å². The van der Waals surface area contributed by atoms with Crippen LogP contribution in [0, 0.1) is 5.82 Å². The molecule has 0 atom stereocenters. The summed E-state index contributed by atoms with van der Waals surface area (Å²) in [4.78, 5) is 39.8. The molecule has 0 spiro atoms. The van der Waals surface area contributed by atoms with Gasteiger partial charge in [0.05, 0.1) is 16.8 Å². The second-order valence-electron chi connectivity index (χ2n) is 7.48. The molecule has 2 amide bonds. The van der Waals surface area contributed by atoms with Crippen LogP contribution in [0.2, 0.25) is 5.02 Å². The minimum absolute atomic E-state index is 0.0476. The molecule has 4 rings (SSSR count). The summed E-state index contributed by atoms with van der Waals surface area (Å²) < 4.78 is 14.0. The van der Waals surface area contributed by atoms with Gasteiger partial charge in [0.15, 0.2) is 5.69 Å². The lowest BCUT2D eigenvalue weighted by atomic mass is 10.2. The Hall–Kier alpha value is -2.74. The van der Waals surface area contributed by atoms with Crippen LogP contribution in [0.4, 0.5) is 10.3 Å². The Kier molecular flexibility index (Phi) is 6.13. The summed E-state index contributed by atoms with van der Waals surface area (Å²) in [6, 6.07) is 5.94. The molecule has 2 fully saturated rings. The third-order valence-corrected chi connectivity index (χ3v) is 5.77. The van der Waals surface area contributed by atoms with E-state index in [0.29, 0.717) is 38.5 Å². The van der Waals surface area contributed by atoms with Crippen molar-refractivity contribution in [1.82, 2.24) is 19.8 Å². The second kappa shape index (κ2) is 8.95. The molecule has 2 aliphatic rings. The van der Waals surface area contributed by atoms with Crippen molar-refractivity contribution in [3.8, 4) is 0 Å². The van der Waals surface area contributed by atoms with Crippen LogP contribution in [0.5, 0.6) is 0 Å². The molecule has 1 aromatic heterocycles. The van der Waals surface area contributed by atoms with E-state index in [1.54, 1.807) is 21.9 Å². The molecule has 3 heterocycles. The molecule has 0 radical (unpaired) electrons. The molecule has 0 bridgehead atoms. The Morgan fingerprint density at radius 3 is 2.27 bits per heavy atom. The lowest BCUT2D eigenvalue weighted by Gasteiger charge is -2.23. The Bertz CT molecular complexity index is 951. The summed E-state index contributed by atoms with van der Waals surface area (Å²) in [5.41, 5.74) is 0.230. The van der Waals surface area contributed by atoms with E-state index in [4.69, 9.17) is 11.6 Å². The van der Waals surface area contributed by atoms with Gasteiger partial charge in [0.2, 0.25) is 5.95 Å². The molecule has 1 aromatic carbocycles. The van der Waals surface area contributed by atoms with Crippen molar-refractivity contribution in [2.75, 3.05) is 44.2 Å². The molecular weight excluding hydrogens is 409 g/mol. The highest BCUT2D eigenvalue weighted by atomic mass is 35.5. The first-order chi connectivity index (χ1) is 14.5. The summed E-state index contributed by atoms with van der Waals surface area (Å²) in [5.74, 6) is -0.657. The van der Waals surface area contributed by atoms with Gasteiger partial charge in [0.1, 0.15) is 5.82 Å². The van der Waals surface area contributed by atoms with Crippen LogP contribution in [-0.4, -0.2) is 70.9 Å². The normalized spacial score (nSPS) is 17.2. The molecule has 0 unspecified atom stereocenters. The van der Waals surface area contributed by atoms with E-state index in [-0.39, 0.29) is 28.1 Å². The first-order valence-electron chi connectivity index (χ1n) is 10.1. The maximum absolute atomic E-state index is 14.0. The zero-order chi connectivity index (χ0) is 21.1. The molecule has 2 saturated heterocycles. The van der Waals surface area contributed by atoms with E-state index in [9.17, 15) is 14.0 Å². The fourth-order valence-electron chi connectivity index (χ4n) is 3.86. The number of nitrogens with zero attached hydrogens (tertiary/aromatic N) is 5. The van der Waals surface area contributed by atoms with Crippen LogP contribution >= 0.6 is 11.6 Å². The second-order valence-corrected chi connectivity index (χ2v) is 7.89. The van der Waals surface area contributed by atoms with Crippen LogP contribution in [0.15, 0.2) is 30.5 Å². The van der Waals surface area contributed by atoms with Gasteiger partial charge in [0, 0.05) is 39.3 Å². The molecule has 2 aliphatic heterocycles. The summed E-state index contributed by atoms with van der Waals surface area (Å²) in [6.45, 7) is 3.31. The number of halogens is 2. The number of hydrogen-bond acceptors (Lipinski definition) is 5. The van der Waals surface area contributed by atoms with E-state index < -0.39 is 5.82 Å². The molecular formula is C21H23ClFN5O2. The zero-order valence-corrected chi connectivity index (χ0v) is 17.3. The zero-order valence-electron chi connectivity index (χ0n) is 16.6. The van der Waals surface area contributed by atoms with Crippen molar-refractivity contribution in [3.63, 3.8) is 0 Å². The number of hydrogen-bond donors (Lipinski definition) is 0. The molecule has 158 valence electrons. The predicted octanol–water partition coefficient (Wildman–Crippen LogP) is 2.86. The molecule has 0 saturated carbocycles. The van der Waals surface area contributed by atoms with E-state index in [0.717, 1.165) is 25.9 Å². The smallest absolute Gasteiger partial charge is 0.274 e. The Morgan fingerprint density at radius 1 is 0.900 bits per heavy atom. The monoisotopic (exact) mass is 431 g/mol. The van der Waals surface area contributed by atoms with Gasteiger partial charge in [-0.25, -0.2) is 14.4 Å². The maximum atomic E-state index is 14.0. The molecule has 30 heavy (non-hydrogen) atoms. The summed E-state index contributed by atoms with van der Waals surface area (Å²) >= 11 is 6.24. The highest BCUT2D eigenvalue weighted by molar-refractivity contribution is 6.33. The van der Waals surface area contributed by atoms with Crippen LogP contribution in [-0.2, 0) is 0 Å². The SMILES string of the molecule is O=C(c1ccccc1F)N1CCCN(C(=O)c2nc(N3CCCC3)ncc2Cl)CC1. The quantitative estimate of drug-likeness (QED) is 0.747. The van der Waals surface area contributed by atoms with Gasteiger partial charge >= 0.3 is 0 Å². The molecule has 7 nitrogen and oxygen atoms in total. The van der Waals surface area contributed by atoms with Gasteiger partial charge in [-0.15, -0.1) is 0 Å². The third kappa shape index (κ3) is 4.23. The van der Waals surface area contributed by atoms with Gasteiger partial charge < -0.3 is 14.7 Å². The van der Waals surface area contributed by atoms with Gasteiger partial charge in [-0.1, -0.05) is 23.7 Å². The number of anilines is 1. The van der Waals surface area contributed by atoms with E-state index in [2.05, 4.69) is 9.97 Å². The van der Waals surface area contributed by atoms with Crippen molar-refractivity contribution < 1.29 is 14.0 Å². The minimum atomic E-state index is -0.540. The molecule has 2 aromatic rings. The van der Waals surface area contributed by atoms with Gasteiger partial charge in [0.25, 0.3) is 11.8 Å². The minimum Gasteiger partial charge on any atom is -0.341 e. The fourth-order valence-corrected chi connectivity index (χ4v) is 4.03. The van der Waals surface area contributed by atoms with Crippen LogP contribution in [0.25, 0.3) is 0 Å². The van der Waals surface area contributed by atoms with Gasteiger partial charge in [-0.2, -0.15) is 0 Å². The van der Waals surface area contributed by atoms with E-state index in [1.165, 1.54) is 18.3 Å². The number of aromatic nitrogens is 2. The third-order valence-electron chi connectivity index (χ3n) is 5.50. The van der Waals surface area contributed by atoms with Crippen molar-refractivity contribution >= 4 is 29.4 Å². The number of amides is 2. The lowest BCUT2D eigenvalue weighted by Crippen LogP contribution is -2.38. The Labute approximate surface area is 179 Å². The molecule has 0 N–H and O–H groups in total. The van der Waals surface area contributed by atoms with Crippen molar-refractivity contribution in [2.24, 2.45) is 0 Å². The average molecular weight is 432 g/mol. The van der Waals surface area contributed by atoms with Gasteiger partial charge in [-0.3, -0.25) is 9.59 Å². The first kappa shape index (κ1) is 20.5. The molecule has 0 aliphatic carbocycles. The molecule has 9 heteroatoms. The van der Waals surface area contributed by atoms with Gasteiger partial charge in [-0.05, 0) is 31.4 Å². The Balaban J connectivity index is 1.47. The summed E-state index contributed by atoms with van der Waals surface area (Å²) in [7, 11) is 0. The summed E-state index contributed by atoms with van der Waals surface area (Å²) in [6.07, 6.45) is 4.22.